The van der Waals surface area contributed by atoms with E-state index < -0.39 is 5.60 Å². The van der Waals surface area contributed by atoms with E-state index in [1.807, 2.05) is 55.7 Å². The molecule has 0 bridgehead atoms. The Kier molecular flexibility index (Phi) is 6.99. The van der Waals surface area contributed by atoms with Gasteiger partial charge in [-0.05, 0) is 58.2 Å². The number of nitrogens with one attached hydrogen (secondary N) is 1. The van der Waals surface area contributed by atoms with Gasteiger partial charge in [0.15, 0.2) is 0 Å². The maximum Gasteiger partial charge on any atom is 0.407 e. The first-order chi connectivity index (χ1) is 14.8. The number of rotatable bonds is 8. The van der Waals surface area contributed by atoms with Gasteiger partial charge in [-0.2, -0.15) is 0 Å². The number of amides is 1. The second-order valence-corrected chi connectivity index (χ2v) is 8.34. The van der Waals surface area contributed by atoms with Crippen molar-refractivity contribution in [2.45, 2.75) is 52.2 Å². The van der Waals surface area contributed by atoms with Gasteiger partial charge in [0.05, 0.1) is 18.1 Å². The monoisotopic (exact) mass is 425 g/mol. The molecule has 0 fully saturated rings. The molecule has 0 unspecified atom stereocenters. The molecule has 0 radical (unpaired) electrons. The third kappa shape index (κ3) is 5.65. The first-order valence-corrected chi connectivity index (χ1v) is 10.5. The van der Waals surface area contributed by atoms with Crippen molar-refractivity contribution in [3.05, 3.63) is 36.5 Å². The third-order valence-corrected chi connectivity index (χ3v) is 4.78. The third-order valence-electron chi connectivity index (χ3n) is 4.78. The molecule has 0 spiro atoms. The molecule has 0 atom stereocenters. The van der Waals surface area contributed by atoms with Gasteiger partial charge in [-0.25, -0.2) is 14.8 Å². The lowest BCUT2D eigenvalue weighted by molar-refractivity contribution is 0.0527. The molecular weight excluding hydrogens is 394 g/mol. The Labute approximate surface area is 182 Å². The molecule has 2 aromatic heterocycles. The van der Waals surface area contributed by atoms with Gasteiger partial charge in [-0.3, -0.25) is 0 Å². The number of nitrogen functional groups attached to an aromatic ring is 1. The highest BCUT2D eigenvalue weighted by atomic mass is 16.6. The zero-order chi connectivity index (χ0) is 22.4. The van der Waals surface area contributed by atoms with Crippen molar-refractivity contribution in [2.24, 2.45) is 0 Å². The van der Waals surface area contributed by atoms with E-state index in [1.165, 1.54) is 0 Å². The zero-order valence-electron chi connectivity index (χ0n) is 18.6. The molecule has 166 valence electrons. The number of methoxy groups -OCH3 is 1. The second-order valence-electron chi connectivity index (χ2n) is 8.34. The summed E-state index contributed by atoms with van der Waals surface area (Å²) in [6, 6.07) is 9.82. The summed E-state index contributed by atoms with van der Waals surface area (Å²) < 4.78 is 12.7. The molecule has 2 heterocycles. The number of nitrogens with two attached hydrogens (primary N) is 1. The summed E-state index contributed by atoms with van der Waals surface area (Å²) in [7, 11) is 1.61. The van der Waals surface area contributed by atoms with Crippen LogP contribution in [-0.2, 0) is 11.3 Å². The predicted octanol–water partition coefficient (Wildman–Crippen LogP) is 4.38. The van der Waals surface area contributed by atoms with Crippen LogP contribution in [0.15, 0.2) is 36.5 Å². The minimum Gasteiger partial charge on any atom is -0.481 e. The molecule has 3 aromatic rings. The summed E-state index contributed by atoms with van der Waals surface area (Å²) in [5, 5.41) is 2.79. The fraction of sp³-hybridized carbons (Fsp3) is 0.435. The molecule has 1 amide bonds. The number of carbonyl (C=O) groups is 1. The van der Waals surface area contributed by atoms with E-state index in [0.29, 0.717) is 18.4 Å². The fourth-order valence-corrected chi connectivity index (χ4v) is 3.48. The number of carbonyl (C=O) groups excluding carboxylic acids is 1. The standard InChI is InChI=1S/C23H31N5O3/c1-23(2,3)31-22(29)26-13-6-5-7-15-28-19-16(10-8-12-18(19)27-21(28)24)17-11-9-14-25-20(17)30-4/h8-12,14H,5-7,13,15H2,1-4H3,(H2,24,27)(H,26,29). The van der Waals surface area contributed by atoms with Crippen molar-refractivity contribution in [3.8, 4) is 17.0 Å². The van der Waals surface area contributed by atoms with Gasteiger partial charge in [0.25, 0.3) is 0 Å². The Hall–Kier alpha value is -3.29. The SMILES string of the molecule is COc1ncccc1-c1cccc2nc(N)n(CCCCCNC(=O)OC(C)(C)C)c12. The maximum absolute atomic E-state index is 11.7. The Bertz CT molecular complexity index is 1040. The zero-order valence-corrected chi connectivity index (χ0v) is 18.6. The van der Waals surface area contributed by atoms with Crippen LogP contribution in [-0.4, -0.2) is 39.9 Å². The number of hydrogen-bond donors (Lipinski definition) is 2. The summed E-state index contributed by atoms with van der Waals surface area (Å²) in [5.74, 6) is 1.05. The van der Waals surface area contributed by atoms with Crippen molar-refractivity contribution >= 4 is 23.1 Å². The smallest absolute Gasteiger partial charge is 0.407 e. The molecule has 1 aromatic carbocycles. The number of pyridine rings is 1. The minimum atomic E-state index is -0.487. The number of aryl methyl sites for hydroxylation is 1. The Morgan fingerprint density at radius 1 is 1.13 bits per heavy atom. The number of anilines is 1. The number of benzene rings is 1. The largest absolute Gasteiger partial charge is 0.481 e. The molecule has 0 saturated heterocycles. The van der Waals surface area contributed by atoms with E-state index >= 15 is 0 Å². The van der Waals surface area contributed by atoms with Gasteiger partial charge in [-0.15, -0.1) is 0 Å². The topological polar surface area (TPSA) is 104 Å². The van der Waals surface area contributed by atoms with Crippen molar-refractivity contribution in [2.75, 3.05) is 19.4 Å². The molecular formula is C23H31N5O3. The van der Waals surface area contributed by atoms with Crippen LogP contribution in [0.2, 0.25) is 0 Å². The first-order valence-electron chi connectivity index (χ1n) is 10.5. The Morgan fingerprint density at radius 3 is 2.65 bits per heavy atom. The first kappa shape index (κ1) is 22.4. The minimum absolute atomic E-state index is 0.382. The number of unbranched alkanes of at least 4 members (excludes halogenated alkanes) is 2. The summed E-state index contributed by atoms with van der Waals surface area (Å²) in [5.41, 5.74) is 9.45. The van der Waals surface area contributed by atoms with Crippen molar-refractivity contribution in [1.29, 1.82) is 0 Å². The van der Waals surface area contributed by atoms with Gasteiger partial charge >= 0.3 is 6.09 Å². The molecule has 8 nitrogen and oxygen atoms in total. The lowest BCUT2D eigenvalue weighted by Gasteiger charge is -2.19. The van der Waals surface area contributed by atoms with E-state index in [4.69, 9.17) is 15.2 Å². The predicted molar refractivity (Wildman–Crippen MR) is 122 cm³/mol. The summed E-state index contributed by atoms with van der Waals surface area (Å²) in [4.78, 5) is 20.6. The van der Waals surface area contributed by atoms with Crippen LogP contribution in [0.25, 0.3) is 22.2 Å². The highest BCUT2D eigenvalue weighted by molar-refractivity contribution is 5.95. The molecule has 0 saturated carbocycles. The Balaban J connectivity index is 1.67. The maximum atomic E-state index is 11.7. The van der Waals surface area contributed by atoms with Crippen LogP contribution in [0.1, 0.15) is 40.0 Å². The summed E-state index contributed by atoms with van der Waals surface area (Å²) >= 11 is 0. The van der Waals surface area contributed by atoms with Gasteiger partial charge < -0.3 is 25.1 Å². The van der Waals surface area contributed by atoms with Crippen LogP contribution in [0.5, 0.6) is 5.88 Å². The quantitative estimate of drug-likeness (QED) is 0.519. The molecule has 0 aliphatic carbocycles. The Morgan fingerprint density at radius 2 is 1.90 bits per heavy atom. The molecule has 3 rings (SSSR count). The second kappa shape index (κ2) is 9.68. The van der Waals surface area contributed by atoms with E-state index in [1.54, 1.807) is 13.3 Å². The van der Waals surface area contributed by atoms with Crippen molar-refractivity contribution in [3.63, 3.8) is 0 Å². The van der Waals surface area contributed by atoms with Crippen LogP contribution in [0.4, 0.5) is 10.7 Å². The number of imidazole rings is 1. The van der Waals surface area contributed by atoms with Crippen LogP contribution in [0.3, 0.4) is 0 Å². The number of fused-ring (bicyclic) bond motifs is 1. The summed E-state index contributed by atoms with van der Waals surface area (Å²) in [6.45, 7) is 6.85. The fourth-order valence-electron chi connectivity index (χ4n) is 3.48. The number of hydrogen-bond acceptors (Lipinski definition) is 6. The van der Waals surface area contributed by atoms with Crippen LogP contribution < -0.4 is 15.8 Å². The van der Waals surface area contributed by atoms with Gasteiger partial charge in [0.2, 0.25) is 11.8 Å². The number of aromatic nitrogens is 3. The molecule has 0 aliphatic rings. The lowest BCUT2D eigenvalue weighted by atomic mass is 10.1. The van der Waals surface area contributed by atoms with Gasteiger partial charge in [0, 0.05) is 30.4 Å². The number of ether oxygens (including phenoxy) is 2. The average Bonchev–Trinajstić information content (AvgIpc) is 3.04. The molecule has 3 N–H and O–H groups in total. The van der Waals surface area contributed by atoms with E-state index in [2.05, 4.69) is 15.3 Å². The molecule has 31 heavy (non-hydrogen) atoms. The number of alkyl carbamates (subject to hydrolysis) is 1. The molecule has 0 aliphatic heterocycles. The van der Waals surface area contributed by atoms with Gasteiger partial charge in [0.1, 0.15) is 5.60 Å². The van der Waals surface area contributed by atoms with Crippen LogP contribution in [0, 0.1) is 0 Å². The van der Waals surface area contributed by atoms with Gasteiger partial charge in [-0.1, -0.05) is 12.1 Å². The highest BCUT2D eigenvalue weighted by Gasteiger charge is 2.17. The van der Waals surface area contributed by atoms with Crippen LogP contribution >= 0.6 is 0 Å². The van der Waals surface area contributed by atoms with E-state index in [9.17, 15) is 4.79 Å². The lowest BCUT2D eigenvalue weighted by Crippen LogP contribution is -2.33. The van der Waals surface area contributed by atoms with E-state index in [-0.39, 0.29) is 6.09 Å². The molecule has 8 heteroatoms. The number of nitrogens with zero attached hydrogens (tertiary/aromatic N) is 3. The number of para-hydroxylation sites is 1. The average molecular weight is 426 g/mol. The summed E-state index contributed by atoms with van der Waals surface area (Å²) in [6.07, 6.45) is 4.03. The van der Waals surface area contributed by atoms with E-state index in [0.717, 1.165) is 48.0 Å². The van der Waals surface area contributed by atoms with Crippen molar-refractivity contribution < 1.29 is 14.3 Å². The normalized spacial score (nSPS) is 11.5. The van der Waals surface area contributed by atoms with Crippen molar-refractivity contribution in [1.82, 2.24) is 19.9 Å². The highest BCUT2D eigenvalue weighted by Crippen LogP contribution is 2.34.